The van der Waals surface area contributed by atoms with E-state index in [0.717, 1.165) is 31.5 Å². The van der Waals surface area contributed by atoms with Gasteiger partial charge in [0.15, 0.2) is 0 Å². The second-order valence-electron chi connectivity index (χ2n) is 3.63. The molecule has 0 radical (unpaired) electrons. The number of aliphatic hydroxyl groups is 1. The van der Waals surface area contributed by atoms with Crippen molar-refractivity contribution in [3.63, 3.8) is 0 Å². The van der Waals surface area contributed by atoms with E-state index in [0.29, 0.717) is 0 Å². The lowest BCUT2D eigenvalue weighted by Crippen LogP contribution is -2.42. The lowest BCUT2D eigenvalue weighted by molar-refractivity contribution is 0.0498. The highest BCUT2D eigenvalue weighted by atomic mass is 16.3. The fraction of sp³-hybridized carbons (Fsp3) is 0.500. The number of piperidine rings is 1. The van der Waals surface area contributed by atoms with Crippen molar-refractivity contribution in [3.05, 3.63) is 36.5 Å². The van der Waals surface area contributed by atoms with Crippen molar-refractivity contribution in [2.75, 3.05) is 13.1 Å². The van der Waals surface area contributed by atoms with E-state index >= 15 is 0 Å². The van der Waals surface area contributed by atoms with Gasteiger partial charge in [-0.2, -0.15) is 0 Å². The normalized spacial score (nSPS) is 22.6. The smallest absolute Gasteiger partial charge is 0.0920 e. The minimum atomic E-state index is -0.674. The van der Waals surface area contributed by atoms with Crippen LogP contribution >= 0.6 is 0 Å². The largest absolute Gasteiger partial charge is 0.385 e. The van der Waals surface area contributed by atoms with Crippen molar-refractivity contribution >= 4 is 0 Å². The molecule has 0 amide bonds. The minimum absolute atomic E-state index is 0.674. The number of nitrogens with one attached hydrogen (secondary N) is 1. The van der Waals surface area contributed by atoms with Gasteiger partial charge in [0.25, 0.3) is 0 Å². The van der Waals surface area contributed by atoms with Crippen LogP contribution in [-0.2, 0) is 0 Å². The summed E-state index contributed by atoms with van der Waals surface area (Å²) >= 11 is 0. The van der Waals surface area contributed by atoms with Crippen molar-refractivity contribution in [1.29, 1.82) is 0 Å². The lowest BCUT2D eigenvalue weighted by atomic mass is 9.84. The van der Waals surface area contributed by atoms with Crippen molar-refractivity contribution < 1.29 is 5.11 Å². The molecule has 0 saturated carbocycles. The van der Waals surface area contributed by atoms with E-state index in [1.807, 2.05) is 25.2 Å². The first-order chi connectivity index (χ1) is 6.73. The Bertz CT molecular complexity index is 247. The fourth-order valence-electron chi connectivity index (χ4n) is 1.74. The Morgan fingerprint density at radius 3 is 2.57 bits per heavy atom. The van der Waals surface area contributed by atoms with E-state index in [-0.39, 0.29) is 0 Å². The van der Waals surface area contributed by atoms with Crippen LogP contribution in [0.4, 0.5) is 0 Å². The quantitative estimate of drug-likeness (QED) is 0.670. The molecule has 1 heterocycles. The second kappa shape index (κ2) is 5.13. The maximum absolute atomic E-state index is 10.3. The summed E-state index contributed by atoms with van der Waals surface area (Å²) in [6, 6.07) is 0. The first-order valence-corrected chi connectivity index (χ1v) is 5.12. The van der Waals surface area contributed by atoms with E-state index in [2.05, 4.69) is 11.9 Å². The highest BCUT2D eigenvalue weighted by Crippen LogP contribution is 2.27. The minimum Gasteiger partial charge on any atom is -0.385 e. The molecule has 1 aliphatic rings. The van der Waals surface area contributed by atoms with Crippen molar-refractivity contribution in [3.8, 4) is 0 Å². The van der Waals surface area contributed by atoms with Crippen molar-refractivity contribution in [2.45, 2.75) is 25.4 Å². The van der Waals surface area contributed by atoms with E-state index < -0.39 is 5.60 Å². The van der Waals surface area contributed by atoms with Crippen LogP contribution < -0.4 is 5.32 Å². The Balaban J connectivity index is 2.80. The highest BCUT2D eigenvalue weighted by Gasteiger charge is 2.31. The van der Waals surface area contributed by atoms with Gasteiger partial charge < -0.3 is 10.4 Å². The van der Waals surface area contributed by atoms with Gasteiger partial charge in [-0.3, -0.25) is 0 Å². The first kappa shape index (κ1) is 11.2. The monoisotopic (exact) mass is 193 g/mol. The van der Waals surface area contributed by atoms with Crippen LogP contribution in [0.25, 0.3) is 0 Å². The van der Waals surface area contributed by atoms with Gasteiger partial charge in [-0.25, -0.2) is 0 Å². The molecule has 0 bridgehead atoms. The molecule has 1 rings (SSSR count). The molecule has 2 N–H and O–H groups in total. The SMILES string of the molecule is C=C/C(=C\C=C/C)C1(O)CCNCC1. The van der Waals surface area contributed by atoms with Crippen LogP contribution in [0.3, 0.4) is 0 Å². The molecule has 0 aliphatic carbocycles. The summed E-state index contributed by atoms with van der Waals surface area (Å²) in [6.07, 6.45) is 9.12. The van der Waals surface area contributed by atoms with E-state index in [4.69, 9.17) is 0 Å². The molecule has 0 atom stereocenters. The van der Waals surface area contributed by atoms with Gasteiger partial charge in [0.2, 0.25) is 0 Å². The Labute approximate surface area is 86.0 Å². The predicted octanol–water partition coefficient (Wildman–Crippen LogP) is 1.79. The summed E-state index contributed by atoms with van der Waals surface area (Å²) in [4.78, 5) is 0. The zero-order valence-corrected chi connectivity index (χ0v) is 8.79. The Kier molecular flexibility index (Phi) is 4.11. The molecule has 1 fully saturated rings. The molecular weight excluding hydrogens is 174 g/mol. The van der Waals surface area contributed by atoms with Gasteiger partial charge in [0, 0.05) is 0 Å². The zero-order valence-electron chi connectivity index (χ0n) is 8.79. The molecular formula is C12H19NO. The maximum atomic E-state index is 10.3. The standard InChI is InChI=1S/C12H19NO/c1-3-5-6-11(4-2)12(14)7-9-13-10-8-12/h3-6,13-14H,2,7-10H2,1H3/b5-3-,11-6+. The van der Waals surface area contributed by atoms with Gasteiger partial charge in [0.05, 0.1) is 5.60 Å². The van der Waals surface area contributed by atoms with Crippen molar-refractivity contribution in [1.82, 2.24) is 5.32 Å². The molecule has 0 spiro atoms. The van der Waals surface area contributed by atoms with Gasteiger partial charge >= 0.3 is 0 Å². The number of hydrogen-bond acceptors (Lipinski definition) is 2. The molecule has 0 unspecified atom stereocenters. The maximum Gasteiger partial charge on any atom is 0.0920 e. The Hall–Kier alpha value is -0.860. The van der Waals surface area contributed by atoms with Crippen LogP contribution in [0, 0.1) is 0 Å². The van der Waals surface area contributed by atoms with E-state index in [1.54, 1.807) is 6.08 Å². The number of allylic oxidation sites excluding steroid dienone is 3. The highest BCUT2D eigenvalue weighted by molar-refractivity contribution is 5.31. The van der Waals surface area contributed by atoms with E-state index in [9.17, 15) is 5.11 Å². The molecule has 2 nitrogen and oxygen atoms in total. The Morgan fingerprint density at radius 2 is 2.07 bits per heavy atom. The van der Waals surface area contributed by atoms with Gasteiger partial charge in [0.1, 0.15) is 0 Å². The fourth-order valence-corrected chi connectivity index (χ4v) is 1.74. The lowest BCUT2D eigenvalue weighted by Gasteiger charge is -2.33. The molecule has 0 aromatic heterocycles. The van der Waals surface area contributed by atoms with Crippen LogP contribution in [0.15, 0.2) is 36.5 Å². The summed E-state index contributed by atoms with van der Waals surface area (Å²) < 4.78 is 0. The molecule has 2 heteroatoms. The summed E-state index contributed by atoms with van der Waals surface area (Å²) in [6.45, 7) is 7.46. The molecule has 0 aromatic carbocycles. The average Bonchev–Trinajstić information content (AvgIpc) is 2.20. The summed E-state index contributed by atoms with van der Waals surface area (Å²) in [7, 11) is 0. The second-order valence-corrected chi connectivity index (χ2v) is 3.63. The first-order valence-electron chi connectivity index (χ1n) is 5.12. The van der Waals surface area contributed by atoms with E-state index in [1.165, 1.54) is 0 Å². The Morgan fingerprint density at radius 1 is 1.43 bits per heavy atom. The molecule has 78 valence electrons. The molecule has 0 aromatic rings. The molecule has 1 saturated heterocycles. The van der Waals surface area contributed by atoms with Crippen LogP contribution in [-0.4, -0.2) is 23.8 Å². The third-order valence-electron chi connectivity index (χ3n) is 2.66. The topological polar surface area (TPSA) is 32.3 Å². The van der Waals surface area contributed by atoms with Gasteiger partial charge in [-0.1, -0.05) is 30.9 Å². The summed E-state index contributed by atoms with van der Waals surface area (Å²) in [5.74, 6) is 0. The molecule has 14 heavy (non-hydrogen) atoms. The van der Waals surface area contributed by atoms with Gasteiger partial charge in [-0.15, -0.1) is 0 Å². The van der Waals surface area contributed by atoms with Crippen LogP contribution in [0.1, 0.15) is 19.8 Å². The third kappa shape index (κ3) is 2.56. The zero-order chi connectivity index (χ0) is 10.4. The van der Waals surface area contributed by atoms with Gasteiger partial charge in [-0.05, 0) is 38.4 Å². The molecule has 1 aliphatic heterocycles. The van der Waals surface area contributed by atoms with Crippen molar-refractivity contribution in [2.24, 2.45) is 0 Å². The summed E-state index contributed by atoms with van der Waals surface area (Å²) in [5, 5.41) is 13.6. The predicted molar refractivity (Wildman–Crippen MR) is 60.1 cm³/mol. The number of rotatable bonds is 3. The van der Waals surface area contributed by atoms with Crippen LogP contribution in [0.2, 0.25) is 0 Å². The third-order valence-corrected chi connectivity index (χ3v) is 2.66. The summed E-state index contributed by atoms with van der Waals surface area (Å²) in [5.41, 5.74) is 0.254. The number of hydrogen-bond donors (Lipinski definition) is 2. The average molecular weight is 193 g/mol. The van der Waals surface area contributed by atoms with Crippen LogP contribution in [0.5, 0.6) is 0 Å².